The fourth-order valence-electron chi connectivity index (χ4n) is 2.31. The molecule has 0 aliphatic rings. The summed E-state index contributed by atoms with van der Waals surface area (Å²) < 4.78 is 1.77. The van der Waals surface area contributed by atoms with Crippen molar-refractivity contribution in [2.45, 2.75) is 71.4 Å². The van der Waals surface area contributed by atoms with Gasteiger partial charge in [0.05, 0.1) is 0 Å². The summed E-state index contributed by atoms with van der Waals surface area (Å²) in [7, 11) is 0. The van der Waals surface area contributed by atoms with Gasteiger partial charge in [-0.25, -0.2) is 0 Å². The fraction of sp³-hybridized carbons (Fsp3) is 0.867. The molecule has 0 spiro atoms. The van der Waals surface area contributed by atoms with Crippen molar-refractivity contribution in [2.24, 2.45) is 11.8 Å². The van der Waals surface area contributed by atoms with Crippen LogP contribution in [0.15, 0.2) is 10.5 Å². The van der Waals surface area contributed by atoms with Gasteiger partial charge in [-0.05, 0) is 6.42 Å². The van der Waals surface area contributed by atoms with Crippen molar-refractivity contribution >= 4 is 14.1 Å². The van der Waals surface area contributed by atoms with E-state index in [0.29, 0.717) is 0 Å². The molecule has 0 N–H and O–H groups in total. The predicted molar refractivity (Wildman–Crippen MR) is 78.3 cm³/mol. The SMILES string of the molecule is CCCCC=[C](C)[Al]([CH2]C(C)C)[CH2]C(C)C. The maximum Gasteiger partial charge on any atom is 0.298 e. The van der Waals surface area contributed by atoms with Crippen LogP contribution in [0.2, 0.25) is 10.6 Å². The zero-order valence-corrected chi connectivity index (χ0v) is 13.5. The molecule has 16 heavy (non-hydrogen) atoms. The molecular formula is C15H31Al. The highest BCUT2D eigenvalue weighted by molar-refractivity contribution is 6.66. The minimum absolute atomic E-state index is 0.625. The third kappa shape index (κ3) is 8.43. The Bertz CT molecular complexity index is 182. The van der Waals surface area contributed by atoms with Crippen LogP contribution in [-0.4, -0.2) is 14.1 Å². The molecule has 0 fully saturated rings. The summed E-state index contributed by atoms with van der Waals surface area (Å²) in [5, 5.41) is 2.99. The molecule has 0 aromatic carbocycles. The van der Waals surface area contributed by atoms with Gasteiger partial charge in [-0.2, -0.15) is 0 Å². The second-order valence-electron chi connectivity index (χ2n) is 6.05. The van der Waals surface area contributed by atoms with Crippen molar-refractivity contribution in [3.05, 3.63) is 10.5 Å². The lowest BCUT2D eigenvalue weighted by Crippen LogP contribution is -2.19. The molecular weight excluding hydrogens is 207 g/mol. The minimum atomic E-state index is -0.625. The Morgan fingerprint density at radius 2 is 1.56 bits per heavy atom. The smallest absolute Gasteiger partial charge is 0.137 e. The maximum atomic E-state index is 2.55. The Hall–Kier alpha value is 0.272. The lowest BCUT2D eigenvalue weighted by molar-refractivity contribution is 0.691. The quantitative estimate of drug-likeness (QED) is 0.388. The number of allylic oxidation sites excluding steroid dienone is 2. The van der Waals surface area contributed by atoms with Crippen molar-refractivity contribution in [2.75, 3.05) is 0 Å². The van der Waals surface area contributed by atoms with Crippen LogP contribution >= 0.6 is 0 Å². The van der Waals surface area contributed by atoms with Crippen LogP contribution in [0.1, 0.15) is 60.8 Å². The Balaban J connectivity index is 4.30. The predicted octanol–water partition coefficient (Wildman–Crippen LogP) is 5.47. The van der Waals surface area contributed by atoms with Crippen LogP contribution in [0.3, 0.4) is 0 Å². The van der Waals surface area contributed by atoms with E-state index in [1.165, 1.54) is 29.8 Å². The van der Waals surface area contributed by atoms with Crippen LogP contribution < -0.4 is 0 Å². The van der Waals surface area contributed by atoms with Crippen molar-refractivity contribution in [1.29, 1.82) is 0 Å². The molecule has 0 atom stereocenters. The number of unbranched alkanes of at least 4 members (excludes halogenated alkanes) is 2. The van der Waals surface area contributed by atoms with Gasteiger partial charge >= 0.3 is 0 Å². The van der Waals surface area contributed by atoms with Crippen molar-refractivity contribution < 1.29 is 0 Å². The first-order valence-corrected chi connectivity index (χ1v) is 9.35. The number of hydrogen-bond acceptors (Lipinski definition) is 0. The summed E-state index contributed by atoms with van der Waals surface area (Å²) >= 11 is -0.625. The Kier molecular flexibility index (Phi) is 9.48. The monoisotopic (exact) mass is 238 g/mol. The normalized spacial score (nSPS) is 12.6. The largest absolute Gasteiger partial charge is 0.298 e. The second kappa shape index (κ2) is 9.32. The summed E-state index contributed by atoms with van der Waals surface area (Å²) in [6.07, 6.45) is 6.54. The van der Waals surface area contributed by atoms with Crippen LogP contribution in [-0.2, 0) is 0 Å². The standard InChI is InChI=1S/C7H13.2C4H9.Al/c1-3-5-7-6-4-2;2*1-4(2)3;/h6H,3,5,7H2,1-2H3;2*4H,1H2,2-3H3;. The summed E-state index contributed by atoms with van der Waals surface area (Å²) in [6.45, 7) is 14.2. The van der Waals surface area contributed by atoms with Crippen LogP contribution in [0.5, 0.6) is 0 Å². The first-order valence-electron chi connectivity index (χ1n) is 7.14. The molecule has 1 heteroatoms. The molecule has 0 unspecified atom stereocenters. The third-order valence-electron chi connectivity index (χ3n) is 3.18. The summed E-state index contributed by atoms with van der Waals surface area (Å²) in [5.41, 5.74) is 0. The van der Waals surface area contributed by atoms with Crippen LogP contribution in [0.4, 0.5) is 0 Å². The molecule has 0 radical (unpaired) electrons. The zero-order chi connectivity index (χ0) is 12.6. The average Bonchev–Trinajstić information content (AvgIpc) is 2.15. The summed E-state index contributed by atoms with van der Waals surface area (Å²) in [5.74, 6) is 1.76. The molecule has 0 saturated heterocycles. The molecule has 0 aromatic rings. The fourth-order valence-corrected chi connectivity index (χ4v) is 6.02. The summed E-state index contributed by atoms with van der Waals surface area (Å²) in [6, 6.07) is 0. The Morgan fingerprint density at radius 1 is 1.06 bits per heavy atom. The lowest BCUT2D eigenvalue weighted by Gasteiger charge is -2.17. The first-order chi connectivity index (χ1) is 7.47. The molecule has 0 heterocycles. The number of hydrogen-bond donors (Lipinski definition) is 0. The number of rotatable bonds is 8. The van der Waals surface area contributed by atoms with E-state index in [4.69, 9.17) is 0 Å². The molecule has 0 aliphatic heterocycles. The average molecular weight is 238 g/mol. The highest BCUT2D eigenvalue weighted by Gasteiger charge is 2.21. The van der Waals surface area contributed by atoms with E-state index in [1.807, 2.05) is 0 Å². The molecule has 0 aromatic heterocycles. The Labute approximate surface area is 108 Å². The summed E-state index contributed by atoms with van der Waals surface area (Å²) in [4.78, 5) is 0. The minimum Gasteiger partial charge on any atom is -0.137 e. The van der Waals surface area contributed by atoms with Crippen molar-refractivity contribution in [3.63, 3.8) is 0 Å². The topological polar surface area (TPSA) is 0 Å². The lowest BCUT2D eigenvalue weighted by atomic mass is 10.2. The highest BCUT2D eigenvalue weighted by Crippen LogP contribution is 2.21. The van der Waals surface area contributed by atoms with Gasteiger partial charge in [-0.3, -0.25) is 0 Å². The second-order valence-corrected chi connectivity index (χ2v) is 9.29. The van der Waals surface area contributed by atoms with E-state index < -0.39 is 14.1 Å². The Morgan fingerprint density at radius 3 is 1.94 bits per heavy atom. The van der Waals surface area contributed by atoms with Gasteiger partial charge in [0.15, 0.2) is 0 Å². The van der Waals surface area contributed by atoms with E-state index in [2.05, 4.69) is 47.6 Å². The molecule has 0 nitrogen and oxygen atoms in total. The molecule has 0 rings (SSSR count). The molecule has 0 amide bonds. The van der Waals surface area contributed by atoms with E-state index in [9.17, 15) is 0 Å². The first kappa shape index (κ1) is 16.3. The van der Waals surface area contributed by atoms with E-state index in [-0.39, 0.29) is 0 Å². The molecule has 0 aliphatic carbocycles. The van der Waals surface area contributed by atoms with Gasteiger partial charge in [0.2, 0.25) is 0 Å². The van der Waals surface area contributed by atoms with Crippen LogP contribution in [0.25, 0.3) is 0 Å². The third-order valence-corrected chi connectivity index (χ3v) is 7.73. The zero-order valence-electron chi connectivity index (χ0n) is 12.3. The highest BCUT2D eigenvalue weighted by atomic mass is 27.2. The van der Waals surface area contributed by atoms with Gasteiger partial charge in [0.1, 0.15) is 0 Å². The van der Waals surface area contributed by atoms with Gasteiger partial charge in [-0.1, -0.05) is 76.8 Å². The van der Waals surface area contributed by atoms with Gasteiger partial charge in [0.25, 0.3) is 14.1 Å². The maximum absolute atomic E-state index is 2.55. The van der Waals surface area contributed by atoms with Gasteiger partial charge < -0.3 is 0 Å². The van der Waals surface area contributed by atoms with E-state index in [1.54, 1.807) is 4.44 Å². The van der Waals surface area contributed by atoms with Crippen molar-refractivity contribution in [3.8, 4) is 0 Å². The van der Waals surface area contributed by atoms with Gasteiger partial charge in [0, 0.05) is 0 Å². The van der Waals surface area contributed by atoms with E-state index >= 15 is 0 Å². The van der Waals surface area contributed by atoms with Crippen LogP contribution in [0, 0.1) is 11.8 Å². The molecule has 0 saturated carbocycles. The van der Waals surface area contributed by atoms with Crippen molar-refractivity contribution in [1.82, 2.24) is 0 Å². The molecule has 94 valence electrons. The van der Waals surface area contributed by atoms with Gasteiger partial charge in [-0.15, -0.1) is 10.5 Å². The molecule has 0 bridgehead atoms. The van der Waals surface area contributed by atoms with E-state index in [0.717, 1.165) is 11.8 Å².